The van der Waals surface area contributed by atoms with Crippen molar-refractivity contribution in [1.29, 1.82) is 0 Å². The molecule has 0 spiro atoms. The number of carbonyl (C=O) groups excluding carboxylic acids is 1. The highest BCUT2D eigenvalue weighted by atomic mass is 16.2. The van der Waals surface area contributed by atoms with Gasteiger partial charge in [-0.15, -0.1) is 0 Å². The van der Waals surface area contributed by atoms with Crippen molar-refractivity contribution in [2.24, 2.45) is 11.8 Å². The monoisotopic (exact) mass is 437 g/mol. The van der Waals surface area contributed by atoms with Gasteiger partial charge in [-0.1, -0.05) is 25.7 Å². The number of nitrogens with zero attached hydrogens (tertiary/aromatic N) is 4. The van der Waals surface area contributed by atoms with Crippen LogP contribution < -0.4 is 10.2 Å². The number of hydrogen-bond donors (Lipinski definition) is 1. The van der Waals surface area contributed by atoms with Crippen LogP contribution in [0.5, 0.6) is 0 Å². The van der Waals surface area contributed by atoms with Crippen molar-refractivity contribution in [3.63, 3.8) is 0 Å². The normalized spacial score (nSPS) is 26.3. The average molecular weight is 438 g/mol. The number of rotatable bonds is 5. The summed E-state index contributed by atoms with van der Waals surface area (Å²) in [6.07, 6.45) is 17.2. The third-order valence-corrected chi connectivity index (χ3v) is 8.05. The molecule has 1 N–H and O–H groups in total. The van der Waals surface area contributed by atoms with Gasteiger partial charge in [-0.05, 0) is 81.5 Å². The van der Waals surface area contributed by atoms with Crippen LogP contribution >= 0.6 is 0 Å². The zero-order valence-electron chi connectivity index (χ0n) is 19.6. The van der Waals surface area contributed by atoms with Crippen molar-refractivity contribution < 1.29 is 4.79 Å². The molecule has 0 unspecified atom stereocenters. The van der Waals surface area contributed by atoms with Crippen molar-refractivity contribution >= 4 is 17.2 Å². The number of pyridine rings is 1. The number of piperidine rings is 1. The molecule has 174 valence electrons. The van der Waals surface area contributed by atoms with Gasteiger partial charge >= 0.3 is 6.03 Å². The maximum absolute atomic E-state index is 12.3. The number of hydrogen-bond acceptors (Lipinski definition) is 3. The molecule has 6 heteroatoms. The lowest BCUT2D eigenvalue weighted by atomic mass is 9.85. The van der Waals surface area contributed by atoms with Crippen LogP contribution in [0.2, 0.25) is 0 Å². The van der Waals surface area contributed by atoms with Gasteiger partial charge in [0.15, 0.2) is 0 Å². The smallest absolute Gasteiger partial charge is 0.321 e. The Labute approximate surface area is 192 Å². The van der Waals surface area contributed by atoms with Crippen LogP contribution in [0.15, 0.2) is 24.5 Å². The molecule has 6 nitrogen and oxygen atoms in total. The lowest BCUT2D eigenvalue weighted by molar-refractivity contribution is 0.100. The van der Waals surface area contributed by atoms with Crippen LogP contribution in [0, 0.1) is 11.8 Å². The van der Waals surface area contributed by atoms with Crippen molar-refractivity contribution in [3.8, 4) is 0 Å². The van der Waals surface area contributed by atoms with Gasteiger partial charge in [0.1, 0.15) is 0 Å². The number of aromatic nitrogens is 2. The molecule has 32 heavy (non-hydrogen) atoms. The third kappa shape index (κ3) is 4.80. The molecule has 1 aliphatic carbocycles. The molecule has 5 rings (SSSR count). The molecule has 3 fully saturated rings. The Kier molecular flexibility index (Phi) is 6.67. The first-order chi connectivity index (χ1) is 15.7. The van der Waals surface area contributed by atoms with Crippen LogP contribution in [-0.2, 0) is 6.42 Å². The minimum atomic E-state index is -0.00795. The van der Waals surface area contributed by atoms with Crippen LogP contribution in [0.3, 0.4) is 0 Å². The van der Waals surface area contributed by atoms with Crippen molar-refractivity contribution in [2.45, 2.75) is 77.2 Å². The number of fused-ring (bicyclic) bond motifs is 1. The summed E-state index contributed by atoms with van der Waals surface area (Å²) in [7, 11) is 0. The highest BCUT2D eigenvalue weighted by molar-refractivity contribution is 5.96. The number of amides is 2. The summed E-state index contributed by atoms with van der Waals surface area (Å²) in [5, 5.41) is 7.44. The fraction of sp³-hybridized carbons (Fsp3) is 0.692. The standard InChI is InChI=1S/C26H39N5O/c1-20-15-22(9-13-29(20)19-21-7-4-2-3-5-8-21)16-23-10-14-31-24(17-23)25(18-28-31)30-12-6-11-27-26(30)32/h10,14,17-18,20-22H,2-9,11-13,15-16,19H2,1H3,(H,27,32)/t20-,22+/m0/s1. The van der Waals surface area contributed by atoms with E-state index in [1.807, 2.05) is 15.6 Å². The highest BCUT2D eigenvalue weighted by Crippen LogP contribution is 2.31. The molecule has 3 aliphatic rings. The Balaban J connectivity index is 1.22. The van der Waals surface area contributed by atoms with E-state index in [2.05, 4.69) is 40.6 Å². The zero-order valence-corrected chi connectivity index (χ0v) is 19.6. The van der Waals surface area contributed by atoms with Crippen LogP contribution in [0.25, 0.3) is 5.52 Å². The number of likely N-dealkylation sites (tertiary alicyclic amines) is 1. The molecule has 2 saturated heterocycles. The van der Waals surface area contributed by atoms with Gasteiger partial charge < -0.3 is 10.2 Å². The molecule has 2 atom stereocenters. The molecule has 2 aromatic rings. The van der Waals surface area contributed by atoms with Crippen molar-refractivity contribution in [1.82, 2.24) is 19.8 Å². The Morgan fingerprint density at radius 1 is 1.06 bits per heavy atom. The topological polar surface area (TPSA) is 52.9 Å². The number of nitrogens with one attached hydrogen (secondary N) is 1. The Morgan fingerprint density at radius 3 is 2.69 bits per heavy atom. The number of carbonyl (C=O) groups is 1. The van der Waals surface area contributed by atoms with E-state index in [9.17, 15) is 4.79 Å². The molecule has 0 bridgehead atoms. The van der Waals surface area contributed by atoms with Crippen LogP contribution in [0.4, 0.5) is 10.5 Å². The van der Waals surface area contributed by atoms with E-state index in [1.165, 1.54) is 70.0 Å². The summed E-state index contributed by atoms with van der Waals surface area (Å²) >= 11 is 0. The van der Waals surface area contributed by atoms with E-state index >= 15 is 0 Å². The Bertz CT molecular complexity index is 916. The first-order valence-corrected chi connectivity index (χ1v) is 12.9. The van der Waals surface area contributed by atoms with E-state index in [0.29, 0.717) is 6.04 Å². The van der Waals surface area contributed by atoms with E-state index < -0.39 is 0 Å². The summed E-state index contributed by atoms with van der Waals surface area (Å²) in [6.45, 7) is 6.52. The highest BCUT2D eigenvalue weighted by Gasteiger charge is 2.28. The molecule has 4 heterocycles. The predicted octanol–water partition coefficient (Wildman–Crippen LogP) is 4.87. The zero-order chi connectivity index (χ0) is 21.9. The minimum absolute atomic E-state index is 0.00795. The SMILES string of the molecule is C[C@H]1C[C@H](Cc2ccn3ncc(N4CCCNC4=O)c3c2)CCN1CC1CCCCCC1. The lowest BCUT2D eigenvalue weighted by Gasteiger charge is -2.39. The van der Waals surface area contributed by atoms with Gasteiger partial charge in [0, 0.05) is 31.9 Å². The fourth-order valence-electron chi connectivity index (χ4n) is 6.19. The second-order valence-corrected chi connectivity index (χ2v) is 10.4. The van der Waals surface area contributed by atoms with Crippen molar-refractivity contribution in [3.05, 3.63) is 30.1 Å². The van der Waals surface area contributed by atoms with Gasteiger partial charge in [-0.3, -0.25) is 4.90 Å². The first-order valence-electron chi connectivity index (χ1n) is 12.9. The number of urea groups is 1. The quantitative estimate of drug-likeness (QED) is 0.679. The Morgan fingerprint density at radius 2 is 1.91 bits per heavy atom. The lowest BCUT2D eigenvalue weighted by Crippen LogP contribution is -2.46. The summed E-state index contributed by atoms with van der Waals surface area (Å²) < 4.78 is 1.90. The van der Waals surface area contributed by atoms with E-state index in [-0.39, 0.29) is 6.03 Å². The molecule has 2 amide bonds. The van der Waals surface area contributed by atoms with E-state index in [4.69, 9.17) is 0 Å². The fourth-order valence-corrected chi connectivity index (χ4v) is 6.19. The molecule has 2 aromatic heterocycles. The third-order valence-electron chi connectivity index (χ3n) is 8.05. The largest absolute Gasteiger partial charge is 0.338 e. The van der Waals surface area contributed by atoms with Crippen LogP contribution in [0.1, 0.15) is 70.3 Å². The van der Waals surface area contributed by atoms with E-state index in [1.54, 1.807) is 0 Å². The van der Waals surface area contributed by atoms with Crippen molar-refractivity contribution in [2.75, 3.05) is 31.1 Å². The molecular formula is C26H39N5O. The summed E-state index contributed by atoms with van der Waals surface area (Å²) in [5.41, 5.74) is 3.33. The second-order valence-electron chi connectivity index (χ2n) is 10.4. The van der Waals surface area contributed by atoms with Gasteiger partial charge in [0.2, 0.25) is 0 Å². The summed E-state index contributed by atoms with van der Waals surface area (Å²) in [4.78, 5) is 17.0. The van der Waals surface area contributed by atoms with Gasteiger partial charge in [-0.25, -0.2) is 9.31 Å². The van der Waals surface area contributed by atoms with Crippen LogP contribution in [-0.4, -0.2) is 52.8 Å². The maximum Gasteiger partial charge on any atom is 0.321 e. The Hall–Kier alpha value is -2.08. The van der Waals surface area contributed by atoms with E-state index in [0.717, 1.165) is 49.0 Å². The van der Waals surface area contributed by atoms with Gasteiger partial charge in [0.05, 0.1) is 17.4 Å². The van der Waals surface area contributed by atoms with Gasteiger partial charge in [-0.2, -0.15) is 5.10 Å². The summed E-state index contributed by atoms with van der Waals surface area (Å²) in [6, 6.07) is 5.14. The maximum atomic E-state index is 12.3. The first kappa shape index (κ1) is 21.7. The molecular weight excluding hydrogens is 398 g/mol. The molecule has 2 aliphatic heterocycles. The average Bonchev–Trinajstić information content (AvgIpc) is 3.03. The molecule has 1 saturated carbocycles. The second kappa shape index (κ2) is 9.82. The number of anilines is 1. The molecule has 0 radical (unpaired) electrons. The minimum Gasteiger partial charge on any atom is -0.338 e. The molecule has 0 aromatic carbocycles. The predicted molar refractivity (Wildman–Crippen MR) is 129 cm³/mol. The van der Waals surface area contributed by atoms with Gasteiger partial charge in [0.25, 0.3) is 0 Å². The summed E-state index contributed by atoms with van der Waals surface area (Å²) in [5.74, 6) is 1.66.